The summed E-state index contributed by atoms with van der Waals surface area (Å²) < 4.78 is 23.4. The number of benzene rings is 1. The van der Waals surface area contributed by atoms with E-state index in [9.17, 15) is 4.79 Å². The number of rotatable bonds is 3. The maximum absolute atomic E-state index is 15.3. The van der Waals surface area contributed by atoms with Crippen LogP contribution in [0, 0.1) is 12.7 Å². The molecule has 9 nitrogen and oxygen atoms in total. The van der Waals surface area contributed by atoms with Crippen LogP contribution in [0.2, 0.25) is 5.02 Å². The molecule has 2 aliphatic heterocycles. The molecule has 0 saturated carbocycles. The second-order valence-electron chi connectivity index (χ2n) is 9.17. The predicted molar refractivity (Wildman–Crippen MR) is 126 cm³/mol. The van der Waals surface area contributed by atoms with E-state index in [-0.39, 0.29) is 29.1 Å². The highest BCUT2D eigenvalue weighted by atomic mass is 35.5. The zero-order valence-electron chi connectivity index (χ0n) is 19.5. The Hall–Kier alpha value is -2.98. The highest BCUT2D eigenvalue weighted by Gasteiger charge is 2.38. The first-order chi connectivity index (χ1) is 16.2. The van der Waals surface area contributed by atoms with Crippen LogP contribution in [-0.2, 0) is 11.3 Å². The molecule has 2 atom stereocenters. The Kier molecular flexibility index (Phi) is 5.60. The number of aryl methyl sites for hydroxylation is 1. The number of halogens is 2. The monoisotopic (exact) mass is 487 g/mol. The maximum atomic E-state index is 15.3. The number of nitrogens with zero attached hydrogens (tertiary/aromatic N) is 6. The number of nitrogen functional groups attached to an aromatic ring is 1. The highest BCUT2D eigenvalue weighted by Crippen LogP contribution is 2.41. The Balaban J connectivity index is 1.56. The summed E-state index contributed by atoms with van der Waals surface area (Å²) in [6, 6.07) is 1.40. The Morgan fingerprint density at radius 3 is 2.76 bits per heavy atom. The van der Waals surface area contributed by atoms with Crippen LogP contribution in [0.15, 0.2) is 12.4 Å². The first-order valence-electron chi connectivity index (χ1n) is 11.3. The Morgan fingerprint density at radius 1 is 1.32 bits per heavy atom. The number of hydrogen-bond donors (Lipinski definition) is 1. The van der Waals surface area contributed by atoms with Crippen LogP contribution in [0.1, 0.15) is 43.6 Å². The molecule has 0 radical (unpaired) electrons. The third kappa shape index (κ3) is 3.65. The van der Waals surface area contributed by atoms with E-state index in [2.05, 4.69) is 20.0 Å². The van der Waals surface area contributed by atoms with Gasteiger partial charge in [-0.2, -0.15) is 5.10 Å². The summed E-state index contributed by atoms with van der Waals surface area (Å²) in [5.41, 5.74) is 8.50. The lowest BCUT2D eigenvalue weighted by molar-refractivity contribution is -0.136. The van der Waals surface area contributed by atoms with Gasteiger partial charge in [0.2, 0.25) is 5.91 Å². The summed E-state index contributed by atoms with van der Waals surface area (Å²) in [6.07, 6.45) is 1.22. The van der Waals surface area contributed by atoms with Crippen molar-refractivity contribution in [1.82, 2.24) is 29.5 Å². The van der Waals surface area contributed by atoms with Gasteiger partial charge >= 0.3 is 0 Å². The number of fused-ring (bicyclic) bond motifs is 2. The topological polar surface area (TPSA) is 102 Å². The van der Waals surface area contributed by atoms with Gasteiger partial charge in [-0.05, 0) is 26.8 Å². The molecule has 34 heavy (non-hydrogen) atoms. The van der Waals surface area contributed by atoms with Crippen molar-refractivity contribution in [2.24, 2.45) is 0 Å². The van der Waals surface area contributed by atoms with Crippen LogP contribution >= 0.6 is 11.6 Å². The Labute approximate surface area is 201 Å². The molecule has 0 unspecified atom stereocenters. The number of anilines is 1. The lowest BCUT2D eigenvalue weighted by Gasteiger charge is -2.45. The molecule has 1 amide bonds. The molecule has 2 aromatic heterocycles. The van der Waals surface area contributed by atoms with Crippen LogP contribution in [0.4, 0.5) is 10.2 Å². The Morgan fingerprint density at radius 2 is 2.06 bits per heavy atom. The number of aromatic nitrogens is 4. The van der Waals surface area contributed by atoms with E-state index in [1.165, 1.54) is 6.33 Å². The average molecular weight is 488 g/mol. The average Bonchev–Trinajstić information content (AvgIpc) is 2.98. The molecule has 180 valence electrons. The number of carbonyl (C=O) groups excluding carboxylic acids is 1. The van der Waals surface area contributed by atoms with Crippen molar-refractivity contribution in [3.05, 3.63) is 40.1 Å². The molecular weight excluding hydrogens is 461 g/mol. The Bertz CT molecular complexity index is 1290. The molecule has 1 fully saturated rings. The van der Waals surface area contributed by atoms with Crippen LogP contribution in [0.3, 0.4) is 0 Å². The second kappa shape index (κ2) is 8.35. The zero-order valence-corrected chi connectivity index (χ0v) is 20.3. The van der Waals surface area contributed by atoms with Gasteiger partial charge in [0, 0.05) is 50.3 Å². The largest absolute Gasteiger partial charge is 0.489 e. The number of hydrogen-bond acceptors (Lipinski definition) is 7. The molecule has 0 spiro atoms. The highest BCUT2D eigenvalue weighted by molar-refractivity contribution is 6.31. The smallest absolute Gasteiger partial charge is 0.219 e. The first-order valence-corrected chi connectivity index (χ1v) is 11.7. The summed E-state index contributed by atoms with van der Waals surface area (Å²) in [7, 11) is 0. The SMILES string of the molecule is CC(=O)N1CC(N2Cc3c(F)c(Cl)cc([C@@H](C)n4nc(C)c5c(N)ncnc54)c3O[C@@H](C)C2)C1. The van der Waals surface area contributed by atoms with Gasteiger partial charge in [0.05, 0.1) is 22.1 Å². The van der Waals surface area contributed by atoms with E-state index in [1.54, 1.807) is 22.6 Å². The lowest BCUT2D eigenvalue weighted by Crippen LogP contribution is -2.61. The molecule has 1 aromatic carbocycles. The minimum Gasteiger partial charge on any atom is -0.489 e. The van der Waals surface area contributed by atoms with E-state index in [4.69, 9.17) is 22.1 Å². The molecule has 4 heterocycles. The number of amides is 1. The van der Waals surface area contributed by atoms with Crippen LogP contribution in [0.25, 0.3) is 11.0 Å². The molecular formula is C23H27ClFN7O2. The van der Waals surface area contributed by atoms with E-state index < -0.39 is 5.82 Å². The number of carbonyl (C=O) groups is 1. The number of nitrogens with two attached hydrogens (primary N) is 1. The van der Waals surface area contributed by atoms with Gasteiger partial charge in [0.25, 0.3) is 0 Å². The fraction of sp³-hybridized carbons (Fsp3) is 0.478. The minimum atomic E-state index is -0.484. The summed E-state index contributed by atoms with van der Waals surface area (Å²) in [4.78, 5) is 24.1. The third-order valence-electron chi connectivity index (χ3n) is 6.80. The molecule has 1 saturated heterocycles. The minimum absolute atomic E-state index is 0.0278. The second-order valence-corrected chi connectivity index (χ2v) is 9.58. The molecule has 2 aliphatic rings. The lowest BCUT2D eigenvalue weighted by atomic mass is 10.0. The standard InChI is InChI=1S/C23H27ClFN7O2/c1-11-6-31(15-7-30(8-15)14(4)33)9-17-20(25)18(24)5-16(21(17)34-11)13(3)32-23-19(12(2)29-32)22(26)27-10-28-23/h5,10-11,13,15H,6-9H2,1-4H3,(H2,26,27,28)/t11-,13+/m0/s1. The van der Waals surface area contributed by atoms with Gasteiger partial charge in [-0.25, -0.2) is 19.0 Å². The van der Waals surface area contributed by atoms with E-state index in [1.807, 2.05) is 20.8 Å². The van der Waals surface area contributed by atoms with Gasteiger partial charge in [0.1, 0.15) is 29.8 Å². The van der Waals surface area contributed by atoms with Gasteiger partial charge in [-0.3, -0.25) is 9.69 Å². The summed E-state index contributed by atoms with van der Waals surface area (Å²) in [5, 5.41) is 5.37. The van der Waals surface area contributed by atoms with Gasteiger partial charge in [-0.15, -0.1) is 0 Å². The quantitative estimate of drug-likeness (QED) is 0.606. The summed E-state index contributed by atoms with van der Waals surface area (Å²) in [5.74, 6) is 0.405. The van der Waals surface area contributed by atoms with Crippen molar-refractivity contribution >= 4 is 34.4 Å². The van der Waals surface area contributed by atoms with E-state index in [0.717, 1.165) is 5.56 Å². The molecule has 5 rings (SSSR count). The van der Waals surface area contributed by atoms with E-state index in [0.29, 0.717) is 60.0 Å². The van der Waals surface area contributed by atoms with Crippen LogP contribution < -0.4 is 10.5 Å². The number of ether oxygens (including phenoxy) is 1. The summed E-state index contributed by atoms with van der Waals surface area (Å²) in [6.45, 7) is 9.53. The zero-order chi connectivity index (χ0) is 24.3. The molecule has 0 bridgehead atoms. The molecule has 2 N–H and O–H groups in total. The number of likely N-dealkylation sites (tertiary alicyclic amines) is 1. The van der Waals surface area contributed by atoms with Crippen molar-refractivity contribution in [3.8, 4) is 5.75 Å². The van der Waals surface area contributed by atoms with Crippen molar-refractivity contribution < 1.29 is 13.9 Å². The molecule has 11 heteroatoms. The van der Waals surface area contributed by atoms with E-state index >= 15 is 4.39 Å². The van der Waals surface area contributed by atoms with Gasteiger partial charge in [0.15, 0.2) is 5.65 Å². The van der Waals surface area contributed by atoms with Crippen LogP contribution in [0.5, 0.6) is 5.75 Å². The van der Waals surface area contributed by atoms with Crippen molar-refractivity contribution in [2.45, 2.75) is 52.4 Å². The predicted octanol–water partition coefficient (Wildman–Crippen LogP) is 2.93. The maximum Gasteiger partial charge on any atom is 0.219 e. The van der Waals surface area contributed by atoms with Crippen LogP contribution in [-0.4, -0.2) is 67.2 Å². The first kappa shape index (κ1) is 22.8. The molecule has 3 aromatic rings. The third-order valence-corrected chi connectivity index (χ3v) is 7.07. The fourth-order valence-corrected chi connectivity index (χ4v) is 5.13. The van der Waals surface area contributed by atoms with Crippen molar-refractivity contribution in [3.63, 3.8) is 0 Å². The summed E-state index contributed by atoms with van der Waals surface area (Å²) >= 11 is 6.38. The van der Waals surface area contributed by atoms with Gasteiger partial charge < -0.3 is 15.4 Å². The van der Waals surface area contributed by atoms with Crippen molar-refractivity contribution in [1.29, 1.82) is 0 Å². The molecule has 0 aliphatic carbocycles. The fourth-order valence-electron chi connectivity index (χ4n) is 4.90. The van der Waals surface area contributed by atoms with Gasteiger partial charge in [-0.1, -0.05) is 11.6 Å². The van der Waals surface area contributed by atoms with Crippen molar-refractivity contribution in [2.75, 3.05) is 25.4 Å². The normalized spacial score (nSPS) is 19.9.